The highest BCUT2D eigenvalue weighted by atomic mass is 16.5. The van der Waals surface area contributed by atoms with E-state index in [1.54, 1.807) is 14.2 Å². The lowest BCUT2D eigenvalue weighted by Gasteiger charge is -2.33. The molecule has 0 saturated carbocycles. The normalized spacial score (nSPS) is 11.2. The highest BCUT2D eigenvalue weighted by molar-refractivity contribution is 5.78. The smallest absolute Gasteiger partial charge is 0.237 e. The van der Waals surface area contributed by atoms with Crippen LogP contribution in [0.3, 0.4) is 0 Å². The van der Waals surface area contributed by atoms with Gasteiger partial charge < -0.3 is 14.4 Å². The third-order valence-electron chi connectivity index (χ3n) is 4.06. The molecule has 0 N–H and O–H groups in total. The predicted octanol–water partition coefficient (Wildman–Crippen LogP) is 3.17. The highest BCUT2D eigenvalue weighted by Gasteiger charge is 2.22. The van der Waals surface area contributed by atoms with Crippen molar-refractivity contribution in [2.24, 2.45) is 0 Å². The van der Waals surface area contributed by atoms with Gasteiger partial charge in [-0.25, -0.2) is 0 Å². The van der Waals surface area contributed by atoms with Gasteiger partial charge in [-0.1, -0.05) is 13.0 Å². The number of hydrogen-bond donors (Lipinski definition) is 0. The first-order valence-electron chi connectivity index (χ1n) is 8.58. The minimum absolute atomic E-state index is 0.169. The maximum absolute atomic E-state index is 12.6. The largest absolute Gasteiger partial charge is 0.493 e. The summed E-state index contributed by atoms with van der Waals surface area (Å²) in [6.45, 7) is 12.2. The molecule has 0 radical (unpaired) electrons. The van der Waals surface area contributed by atoms with Crippen LogP contribution in [0.25, 0.3) is 0 Å². The summed E-state index contributed by atoms with van der Waals surface area (Å²) in [6.07, 6.45) is 0. The first-order valence-corrected chi connectivity index (χ1v) is 8.58. The van der Waals surface area contributed by atoms with Gasteiger partial charge >= 0.3 is 0 Å². The third-order valence-corrected chi connectivity index (χ3v) is 4.06. The molecule has 0 unspecified atom stereocenters. The van der Waals surface area contributed by atoms with Crippen molar-refractivity contribution in [3.05, 3.63) is 23.8 Å². The molecule has 0 aliphatic carbocycles. The lowest BCUT2D eigenvalue weighted by molar-refractivity contribution is -0.136. The van der Waals surface area contributed by atoms with E-state index in [2.05, 4.69) is 39.5 Å². The molecule has 0 fully saturated rings. The number of benzene rings is 1. The second-order valence-electron chi connectivity index (χ2n) is 6.48. The average Bonchev–Trinajstić information content (AvgIpc) is 2.53. The molecule has 1 rings (SSSR count). The van der Waals surface area contributed by atoms with Gasteiger partial charge in [-0.15, -0.1) is 0 Å². The molecule has 0 spiro atoms. The SMILES string of the molecule is CCN(CC(=O)N(C(C)C)C(C)C)Cc1ccc(OC)c(OC)c1. The summed E-state index contributed by atoms with van der Waals surface area (Å²) in [5, 5.41) is 0. The Morgan fingerprint density at radius 3 is 2.08 bits per heavy atom. The summed E-state index contributed by atoms with van der Waals surface area (Å²) in [4.78, 5) is 16.7. The molecule has 0 aromatic heterocycles. The van der Waals surface area contributed by atoms with Crippen LogP contribution in [0.2, 0.25) is 0 Å². The van der Waals surface area contributed by atoms with Gasteiger partial charge in [0.25, 0.3) is 0 Å². The number of carbonyl (C=O) groups excluding carboxylic acids is 1. The Morgan fingerprint density at radius 2 is 1.62 bits per heavy atom. The van der Waals surface area contributed by atoms with E-state index in [1.165, 1.54) is 0 Å². The Bertz CT molecular complexity index is 521. The second kappa shape index (κ2) is 9.52. The summed E-state index contributed by atoms with van der Waals surface area (Å²) < 4.78 is 10.6. The number of hydrogen-bond acceptors (Lipinski definition) is 4. The minimum atomic E-state index is 0.169. The van der Waals surface area contributed by atoms with Crippen molar-refractivity contribution in [2.75, 3.05) is 27.3 Å². The van der Waals surface area contributed by atoms with Crippen LogP contribution in [-0.4, -0.2) is 55.1 Å². The van der Waals surface area contributed by atoms with E-state index in [1.807, 2.05) is 23.1 Å². The van der Waals surface area contributed by atoms with Gasteiger partial charge in [-0.2, -0.15) is 0 Å². The summed E-state index contributed by atoms with van der Waals surface area (Å²) in [6, 6.07) is 6.29. The lowest BCUT2D eigenvalue weighted by Crippen LogP contribution is -2.47. The first kappa shape index (κ1) is 20.3. The number of ether oxygens (including phenoxy) is 2. The van der Waals surface area contributed by atoms with Gasteiger partial charge in [0, 0.05) is 18.6 Å². The van der Waals surface area contributed by atoms with Gasteiger partial charge in [0.15, 0.2) is 11.5 Å². The second-order valence-corrected chi connectivity index (χ2v) is 6.48. The molecule has 0 atom stereocenters. The maximum atomic E-state index is 12.6. The average molecular weight is 336 g/mol. The number of nitrogens with zero attached hydrogens (tertiary/aromatic N) is 2. The maximum Gasteiger partial charge on any atom is 0.237 e. The Labute approximate surface area is 146 Å². The summed E-state index contributed by atoms with van der Waals surface area (Å²) >= 11 is 0. The number of methoxy groups -OCH3 is 2. The molecule has 0 heterocycles. The standard InChI is InChI=1S/C19H32N2O3/c1-8-20(13-19(22)21(14(2)3)15(4)5)12-16-9-10-17(23-6)18(11-16)24-7/h9-11,14-15H,8,12-13H2,1-7H3. The zero-order valence-corrected chi connectivity index (χ0v) is 16.1. The van der Waals surface area contributed by atoms with Gasteiger partial charge in [0.05, 0.1) is 20.8 Å². The van der Waals surface area contributed by atoms with Crippen LogP contribution in [-0.2, 0) is 11.3 Å². The molecule has 1 aromatic rings. The van der Waals surface area contributed by atoms with Gasteiger partial charge in [0.2, 0.25) is 5.91 Å². The van der Waals surface area contributed by atoms with Crippen LogP contribution in [0.1, 0.15) is 40.2 Å². The van der Waals surface area contributed by atoms with E-state index in [0.717, 1.165) is 12.1 Å². The Kier molecular flexibility index (Phi) is 8.05. The minimum Gasteiger partial charge on any atom is -0.493 e. The van der Waals surface area contributed by atoms with Crippen LogP contribution < -0.4 is 9.47 Å². The molecule has 0 aliphatic heterocycles. The van der Waals surface area contributed by atoms with Crippen LogP contribution in [0.15, 0.2) is 18.2 Å². The van der Waals surface area contributed by atoms with Crippen molar-refractivity contribution in [3.8, 4) is 11.5 Å². The molecule has 5 nitrogen and oxygen atoms in total. The van der Waals surface area contributed by atoms with E-state index in [-0.39, 0.29) is 18.0 Å². The van der Waals surface area contributed by atoms with Gasteiger partial charge in [-0.05, 0) is 51.9 Å². The summed E-state index contributed by atoms with van der Waals surface area (Å²) in [7, 11) is 3.26. The van der Waals surface area contributed by atoms with Crippen LogP contribution in [0.5, 0.6) is 11.5 Å². The summed E-state index contributed by atoms with van der Waals surface area (Å²) in [5.74, 6) is 1.59. The fourth-order valence-electron chi connectivity index (χ4n) is 2.96. The van der Waals surface area contributed by atoms with Crippen molar-refractivity contribution >= 4 is 5.91 Å². The Hall–Kier alpha value is -1.75. The van der Waals surface area contributed by atoms with Crippen molar-refractivity contribution in [2.45, 2.75) is 53.2 Å². The zero-order valence-electron chi connectivity index (χ0n) is 16.1. The van der Waals surface area contributed by atoms with Crippen LogP contribution >= 0.6 is 0 Å². The van der Waals surface area contributed by atoms with Crippen molar-refractivity contribution in [3.63, 3.8) is 0 Å². The fourth-order valence-corrected chi connectivity index (χ4v) is 2.96. The fraction of sp³-hybridized carbons (Fsp3) is 0.632. The van der Waals surface area contributed by atoms with Crippen LogP contribution in [0.4, 0.5) is 0 Å². The topological polar surface area (TPSA) is 42.0 Å². The number of rotatable bonds is 9. The lowest BCUT2D eigenvalue weighted by atomic mass is 10.1. The quantitative estimate of drug-likeness (QED) is 0.695. The zero-order chi connectivity index (χ0) is 18.3. The monoisotopic (exact) mass is 336 g/mol. The van der Waals surface area contributed by atoms with E-state index in [4.69, 9.17) is 9.47 Å². The molecule has 1 aromatic carbocycles. The van der Waals surface area contributed by atoms with Crippen molar-refractivity contribution in [1.82, 2.24) is 9.80 Å². The molecule has 5 heteroatoms. The predicted molar refractivity (Wildman–Crippen MR) is 97.6 cm³/mol. The summed E-state index contributed by atoms with van der Waals surface area (Å²) in [5.41, 5.74) is 1.10. The molecule has 136 valence electrons. The number of carbonyl (C=O) groups is 1. The van der Waals surface area contributed by atoms with E-state index in [9.17, 15) is 4.79 Å². The molecule has 0 aliphatic rings. The van der Waals surface area contributed by atoms with Crippen LogP contribution in [0, 0.1) is 0 Å². The molecular weight excluding hydrogens is 304 g/mol. The van der Waals surface area contributed by atoms with Gasteiger partial charge in [-0.3, -0.25) is 9.69 Å². The first-order chi connectivity index (χ1) is 11.3. The molecule has 0 saturated heterocycles. The number of likely N-dealkylation sites (N-methyl/N-ethyl adjacent to an activating group) is 1. The molecule has 0 bridgehead atoms. The Morgan fingerprint density at radius 1 is 1.04 bits per heavy atom. The van der Waals surface area contributed by atoms with Gasteiger partial charge in [0.1, 0.15) is 0 Å². The van der Waals surface area contributed by atoms with E-state index >= 15 is 0 Å². The molecule has 1 amide bonds. The number of amides is 1. The van der Waals surface area contributed by atoms with Crippen molar-refractivity contribution < 1.29 is 14.3 Å². The highest BCUT2D eigenvalue weighted by Crippen LogP contribution is 2.28. The van der Waals surface area contributed by atoms with E-state index in [0.29, 0.717) is 24.6 Å². The molecular formula is C19H32N2O3. The van der Waals surface area contributed by atoms with E-state index < -0.39 is 0 Å². The third kappa shape index (κ3) is 5.41. The Balaban J connectivity index is 2.82. The molecule has 24 heavy (non-hydrogen) atoms. The van der Waals surface area contributed by atoms with Crippen molar-refractivity contribution in [1.29, 1.82) is 0 Å².